The maximum Gasteiger partial charge on any atom is 0.410 e. The summed E-state index contributed by atoms with van der Waals surface area (Å²) in [5, 5.41) is 0. The van der Waals surface area contributed by atoms with Crippen LogP contribution in [0.1, 0.15) is 33.6 Å². The van der Waals surface area contributed by atoms with Gasteiger partial charge in [-0.1, -0.05) is 0 Å². The van der Waals surface area contributed by atoms with Crippen molar-refractivity contribution in [1.29, 1.82) is 0 Å². The first-order chi connectivity index (χ1) is 14.7. The smallest absolute Gasteiger partial charge is 0.410 e. The molecule has 0 bridgehead atoms. The van der Waals surface area contributed by atoms with Crippen LogP contribution in [0.2, 0.25) is 0 Å². The quantitative estimate of drug-likeness (QED) is 0.541. The van der Waals surface area contributed by atoms with E-state index in [-0.39, 0.29) is 17.9 Å². The lowest BCUT2D eigenvalue weighted by atomic mass is 9.95. The fraction of sp³-hybridized carbons (Fsp3) is 0.810. The Labute approximate surface area is 183 Å². The molecule has 0 spiro atoms. The van der Waals surface area contributed by atoms with Crippen molar-refractivity contribution in [1.82, 2.24) is 19.6 Å². The van der Waals surface area contributed by atoms with Crippen LogP contribution in [0.4, 0.5) is 4.79 Å². The summed E-state index contributed by atoms with van der Waals surface area (Å²) in [6.45, 7) is 9.84. The summed E-state index contributed by atoms with van der Waals surface area (Å²) in [5.41, 5.74) is -0.538. The van der Waals surface area contributed by atoms with Crippen molar-refractivity contribution >= 4 is 23.8 Å². The van der Waals surface area contributed by atoms with Gasteiger partial charge in [0.1, 0.15) is 5.60 Å². The number of ether oxygens (including phenoxy) is 2. The molecule has 3 rings (SSSR count). The molecular formula is C21H34N4O6. The van der Waals surface area contributed by atoms with E-state index >= 15 is 0 Å². The second kappa shape index (κ2) is 9.84. The minimum Gasteiger partial charge on any atom is -0.444 e. The summed E-state index contributed by atoms with van der Waals surface area (Å²) in [5.74, 6) is -1.05. The number of piperazine rings is 1. The molecule has 0 aromatic heterocycles. The van der Waals surface area contributed by atoms with Crippen molar-refractivity contribution in [3.05, 3.63) is 0 Å². The molecule has 0 saturated carbocycles. The summed E-state index contributed by atoms with van der Waals surface area (Å²) < 4.78 is 10.6. The van der Waals surface area contributed by atoms with Gasteiger partial charge in [-0.25, -0.2) is 4.79 Å². The number of amides is 4. The Morgan fingerprint density at radius 3 is 1.71 bits per heavy atom. The highest BCUT2D eigenvalue weighted by molar-refractivity contribution is 6.34. The van der Waals surface area contributed by atoms with E-state index in [9.17, 15) is 19.2 Å². The fourth-order valence-electron chi connectivity index (χ4n) is 4.06. The molecule has 31 heavy (non-hydrogen) atoms. The van der Waals surface area contributed by atoms with E-state index in [2.05, 4.69) is 0 Å². The monoisotopic (exact) mass is 438 g/mol. The number of morpholine rings is 1. The van der Waals surface area contributed by atoms with Crippen LogP contribution >= 0.6 is 0 Å². The van der Waals surface area contributed by atoms with Gasteiger partial charge in [0.15, 0.2) is 0 Å². The highest BCUT2D eigenvalue weighted by Crippen LogP contribution is 2.22. The minimum atomic E-state index is -0.538. The van der Waals surface area contributed by atoms with Gasteiger partial charge < -0.3 is 29.1 Å². The normalized spacial score (nSPS) is 21.1. The third-order valence-corrected chi connectivity index (χ3v) is 5.86. The van der Waals surface area contributed by atoms with Gasteiger partial charge in [0.25, 0.3) is 0 Å². The van der Waals surface area contributed by atoms with Crippen LogP contribution in [0.5, 0.6) is 0 Å². The second-order valence-corrected chi connectivity index (χ2v) is 9.26. The van der Waals surface area contributed by atoms with Gasteiger partial charge in [0, 0.05) is 58.3 Å². The van der Waals surface area contributed by atoms with E-state index in [1.807, 2.05) is 20.8 Å². The molecule has 0 aromatic carbocycles. The summed E-state index contributed by atoms with van der Waals surface area (Å²) >= 11 is 0. The molecule has 0 aliphatic carbocycles. The zero-order valence-electron chi connectivity index (χ0n) is 18.8. The van der Waals surface area contributed by atoms with Gasteiger partial charge in [0.05, 0.1) is 13.2 Å². The second-order valence-electron chi connectivity index (χ2n) is 9.26. The average Bonchev–Trinajstić information content (AvgIpc) is 2.77. The Morgan fingerprint density at radius 2 is 1.19 bits per heavy atom. The molecule has 174 valence electrons. The van der Waals surface area contributed by atoms with Gasteiger partial charge in [0.2, 0.25) is 5.91 Å². The van der Waals surface area contributed by atoms with Crippen molar-refractivity contribution in [2.24, 2.45) is 5.92 Å². The van der Waals surface area contributed by atoms with Crippen LogP contribution < -0.4 is 0 Å². The standard InChI is InChI=1S/C21H34N4O6/c1-21(2,3)31-20(29)25-6-4-16(5-7-25)17(26)22-8-10-23(11-9-22)18(27)19(28)24-12-14-30-15-13-24/h16H,4-15H2,1-3H3. The predicted molar refractivity (Wildman–Crippen MR) is 111 cm³/mol. The number of nitrogens with zero attached hydrogens (tertiary/aromatic N) is 4. The first-order valence-electron chi connectivity index (χ1n) is 11.1. The molecule has 10 heteroatoms. The van der Waals surface area contributed by atoms with Crippen LogP contribution in [0.3, 0.4) is 0 Å². The number of carbonyl (C=O) groups is 4. The number of hydrogen-bond donors (Lipinski definition) is 0. The Kier molecular flexibility index (Phi) is 7.40. The first-order valence-corrected chi connectivity index (χ1v) is 11.1. The molecule has 3 aliphatic heterocycles. The van der Waals surface area contributed by atoms with Crippen LogP contribution in [0.25, 0.3) is 0 Å². The zero-order valence-corrected chi connectivity index (χ0v) is 18.8. The van der Waals surface area contributed by atoms with E-state index in [1.165, 1.54) is 9.80 Å². The van der Waals surface area contributed by atoms with Crippen molar-refractivity contribution in [3.8, 4) is 0 Å². The van der Waals surface area contributed by atoms with Crippen molar-refractivity contribution in [2.75, 3.05) is 65.6 Å². The van der Waals surface area contributed by atoms with Gasteiger partial charge in [-0.15, -0.1) is 0 Å². The lowest BCUT2D eigenvalue weighted by Crippen LogP contribution is -2.56. The van der Waals surface area contributed by atoms with E-state index in [0.29, 0.717) is 78.4 Å². The maximum atomic E-state index is 12.9. The first kappa shape index (κ1) is 23.3. The summed E-state index contributed by atoms with van der Waals surface area (Å²) in [6, 6.07) is 0. The maximum absolute atomic E-state index is 12.9. The molecule has 3 aliphatic rings. The molecule has 3 fully saturated rings. The van der Waals surface area contributed by atoms with Gasteiger partial charge in [-0.05, 0) is 33.6 Å². The molecule has 3 heterocycles. The van der Waals surface area contributed by atoms with E-state index in [4.69, 9.17) is 9.47 Å². The molecule has 4 amide bonds. The Bertz CT molecular complexity index is 684. The van der Waals surface area contributed by atoms with Gasteiger partial charge in [-0.2, -0.15) is 0 Å². The highest BCUT2D eigenvalue weighted by atomic mass is 16.6. The summed E-state index contributed by atoms with van der Waals surface area (Å²) in [4.78, 5) is 56.5. The van der Waals surface area contributed by atoms with E-state index in [1.54, 1.807) is 9.80 Å². The van der Waals surface area contributed by atoms with Crippen molar-refractivity contribution in [3.63, 3.8) is 0 Å². The van der Waals surface area contributed by atoms with Crippen LogP contribution in [0.15, 0.2) is 0 Å². The summed E-state index contributed by atoms with van der Waals surface area (Å²) in [7, 11) is 0. The molecule has 0 radical (unpaired) electrons. The van der Waals surface area contributed by atoms with Crippen molar-refractivity contribution < 1.29 is 28.7 Å². The molecule has 0 unspecified atom stereocenters. The van der Waals surface area contributed by atoms with Crippen LogP contribution in [0, 0.1) is 5.92 Å². The molecule has 3 saturated heterocycles. The topological polar surface area (TPSA) is 99.7 Å². The van der Waals surface area contributed by atoms with Gasteiger partial charge >= 0.3 is 17.9 Å². The van der Waals surface area contributed by atoms with Crippen LogP contribution in [-0.4, -0.2) is 115 Å². The third kappa shape index (κ3) is 6.09. The minimum absolute atomic E-state index is 0.0652. The number of likely N-dealkylation sites (tertiary alicyclic amines) is 1. The lowest BCUT2D eigenvalue weighted by Gasteiger charge is -2.39. The predicted octanol–water partition coefficient (Wildman–Crippen LogP) is 0.163. The Balaban J connectivity index is 1.43. The molecular weight excluding hydrogens is 404 g/mol. The number of carbonyl (C=O) groups excluding carboxylic acids is 4. The van der Waals surface area contributed by atoms with Gasteiger partial charge in [-0.3, -0.25) is 14.4 Å². The molecule has 0 N–H and O–H groups in total. The zero-order chi connectivity index (χ0) is 22.6. The van der Waals surface area contributed by atoms with Crippen molar-refractivity contribution in [2.45, 2.75) is 39.2 Å². The van der Waals surface area contributed by atoms with E-state index < -0.39 is 17.4 Å². The SMILES string of the molecule is CC(C)(C)OC(=O)N1CCC(C(=O)N2CCN(C(=O)C(=O)N3CCOCC3)CC2)CC1. The lowest BCUT2D eigenvalue weighted by molar-refractivity contribution is -0.156. The Hall–Kier alpha value is -2.36. The fourth-order valence-corrected chi connectivity index (χ4v) is 4.06. The number of rotatable bonds is 1. The van der Waals surface area contributed by atoms with E-state index in [0.717, 1.165) is 0 Å². The average molecular weight is 439 g/mol. The number of hydrogen-bond acceptors (Lipinski definition) is 6. The third-order valence-electron chi connectivity index (χ3n) is 5.86. The Morgan fingerprint density at radius 1 is 0.710 bits per heavy atom. The largest absolute Gasteiger partial charge is 0.444 e. The molecule has 0 atom stereocenters. The van der Waals surface area contributed by atoms with Crippen LogP contribution in [-0.2, 0) is 23.9 Å². The summed E-state index contributed by atoms with van der Waals surface area (Å²) in [6.07, 6.45) is 0.870. The molecule has 10 nitrogen and oxygen atoms in total. The molecule has 0 aromatic rings. The highest BCUT2D eigenvalue weighted by Gasteiger charge is 2.35. The number of piperidine rings is 1.